The van der Waals surface area contributed by atoms with Gasteiger partial charge < -0.3 is 14.8 Å². The van der Waals surface area contributed by atoms with Crippen molar-refractivity contribution in [3.8, 4) is 11.5 Å². The smallest absolute Gasteiger partial charge is 0.161 e. The zero-order chi connectivity index (χ0) is 12.4. The molecule has 2 atom stereocenters. The van der Waals surface area contributed by atoms with E-state index in [2.05, 4.69) is 11.4 Å². The van der Waals surface area contributed by atoms with E-state index in [0.717, 1.165) is 11.5 Å². The second-order valence-electron chi connectivity index (χ2n) is 4.85. The van der Waals surface area contributed by atoms with Crippen molar-refractivity contribution in [3.05, 3.63) is 35.9 Å². The molecular weight excluding hydrogens is 226 g/mol. The second-order valence-corrected chi connectivity index (χ2v) is 4.85. The van der Waals surface area contributed by atoms with Crippen LogP contribution in [0.25, 0.3) is 0 Å². The van der Waals surface area contributed by atoms with Crippen LogP contribution in [0.1, 0.15) is 19.3 Å². The average Bonchev–Trinajstić information content (AvgIpc) is 2.93. The number of benzene rings is 1. The molecule has 1 N–H and O–H groups in total. The molecule has 0 amide bonds. The van der Waals surface area contributed by atoms with E-state index in [1.54, 1.807) is 0 Å². The summed E-state index contributed by atoms with van der Waals surface area (Å²) in [7, 11) is 1.99. The van der Waals surface area contributed by atoms with E-state index in [1.807, 2.05) is 31.3 Å². The third-order valence-electron chi connectivity index (χ3n) is 3.69. The van der Waals surface area contributed by atoms with Gasteiger partial charge in [0.1, 0.15) is 6.61 Å². The molecule has 0 bridgehead atoms. The van der Waals surface area contributed by atoms with Gasteiger partial charge in [-0.15, -0.1) is 0 Å². The summed E-state index contributed by atoms with van der Waals surface area (Å²) in [5.41, 5.74) is 1.46. The number of likely N-dealkylation sites (N-methyl/N-ethyl adjacent to an activating group) is 1. The summed E-state index contributed by atoms with van der Waals surface area (Å²) in [6.45, 7) is 0.611. The Hall–Kier alpha value is -1.48. The summed E-state index contributed by atoms with van der Waals surface area (Å²) in [6, 6.07) is 8.14. The Bertz CT molecular complexity index is 456. The van der Waals surface area contributed by atoms with Gasteiger partial charge in [0.15, 0.2) is 17.6 Å². The van der Waals surface area contributed by atoms with Crippen LogP contribution in [0.15, 0.2) is 35.9 Å². The van der Waals surface area contributed by atoms with Crippen molar-refractivity contribution in [1.29, 1.82) is 0 Å². The first-order chi connectivity index (χ1) is 8.88. The molecule has 1 aromatic rings. The summed E-state index contributed by atoms with van der Waals surface area (Å²) in [6.07, 6.45) is 6.03. The fourth-order valence-corrected chi connectivity index (χ4v) is 2.79. The molecule has 0 saturated carbocycles. The zero-order valence-electron chi connectivity index (χ0n) is 10.7. The Morgan fingerprint density at radius 1 is 1.28 bits per heavy atom. The highest BCUT2D eigenvalue weighted by Gasteiger charge is 2.30. The Kier molecular flexibility index (Phi) is 3.24. The molecule has 2 unspecified atom stereocenters. The molecule has 1 aliphatic heterocycles. The minimum absolute atomic E-state index is 0.0641. The Morgan fingerprint density at radius 3 is 2.83 bits per heavy atom. The summed E-state index contributed by atoms with van der Waals surface area (Å²) < 4.78 is 11.9. The van der Waals surface area contributed by atoms with Gasteiger partial charge >= 0.3 is 0 Å². The lowest BCUT2D eigenvalue weighted by Gasteiger charge is -2.32. The predicted octanol–water partition coefficient (Wildman–Crippen LogP) is 2.52. The molecule has 0 spiro atoms. The molecule has 2 aliphatic rings. The lowest BCUT2D eigenvalue weighted by molar-refractivity contribution is 0.0723. The van der Waals surface area contributed by atoms with Crippen molar-refractivity contribution in [2.75, 3.05) is 13.7 Å². The molecule has 0 saturated heterocycles. The maximum atomic E-state index is 6.07. The predicted molar refractivity (Wildman–Crippen MR) is 71.1 cm³/mol. The van der Waals surface area contributed by atoms with E-state index in [-0.39, 0.29) is 12.1 Å². The maximum absolute atomic E-state index is 6.07. The van der Waals surface area contributed by atoms with Crippen LogP contribution in [0, 0.1) is 0 Å². The van der Waals surface area contributed by atoms with Gasteiger partial charge in [0, 0.05) is 0 Å². The lowest BCUT2D eigenvalue weighted by atomic mass is 10.0. The van der Waals surface area contributed by atoms with Crippen LogP contribution in [-0.2, 0) is 0 Å². The number of hydrogen-bond acceptors (Lipinski definition) is 3. The summed E-state index contributed by atoms with van der Waals surface area (Å²) in [4.78, 5) is 0. The fraction of sp³-hybridized carbons (Fsp3) is 0.467. The van der Waals surface area contributed by atoms with Gasteiger partial charge in [-0.25, -0.2) is 0 Å². The SMILES string of the molecule is CNC(C1=CCCC1)C1COc2ccccc2O1. The van der Waals surface area contributed by atoms with Crippen molar-refractivity contribution >= 4 is 0 Å². The largest absolute Gasteiger partial charge is 0.486 e. The summed E-state index contributed by atoms with van der Waals surface area (Å²) in [5.74, 6) is 1.71. The Labute approximate surface area is 108 Å². The number of allylic oxidation sites excluding steroid dienone is 1. The van der Waals surface area contributed by atoms with E-state index in [4.69, 9.17) is 9.47 Å². The zero-order valence-corrected chi connectivity index (χ0v) is 10.7. The van der Waals surface area contributed by atoms with Gasteiger partial charge in [0.2, 0.25) is 0 Å². The van der Waals surface area contributed by atoms with Crippen LogP contribution in [0.5, 0.6) is 11.5 Å². The van der Waals surface area contributed by atoms with Crippen molar-refractivity contribution in [1.82, 2.24) is 5.32 Å². The number of para-hydroxylation sites is 2. The van der Waals surface area contributed by atoms with E-state index < -0.39 is 0 Å². The van der Waals surface area contributed by atoms with Crippen LogP contribution in [0.4, 0.5) is 0 Å². The number of hydrogen-bond donors (Lipinski definition) is 1. The third-order valence-corrected chi connectivity index (χ3v) is 3.69. The first kappa shape index (κ1) is 11.6. The topological polar surface area (TPSA) is 30.5 Å². The summed E-state index contributed by atoms with van der Waals surface area (Å²) >= 11 is 0. The van der Waals surface area contributed by atoms with Crippen molar-refractivity contribution in [2.24, 2.45) is 0 Å². The molecule has 0 aromatic heterocycles. The molecule has 0 fully saturated rings. The molecule has 18 heavy (non-hydrogen) atoms. The van der Waals surface area contributed by atoms with E-state index in [0.29, 0.717) is 6.61 Å². The lowest BCUT2D eigenvalue weighted by Crippen LogP contribution is -2.47. The van der Waals surface area contributed by atoms with Crippen molar-refractivity contribution in [2.45, 2.75) is 31.4 Å². The number of nitrogens with one attached hydrogen (secondary N) is 1. The first-order valence-electron chi connectivity index (χ1n) is 6.63. The minimum Gasteiger partial charge on any atom is -0.486 e. The van der Waals surface area contributed by atoms with Crippen LogP contribution < -0.4 is 14.8 Å². The standard InChI is InChI=1S/C15H19NO2/c1-16-15(11-6-2-3-7-11)14-10-17-12-8-4-5-9-13(12)18-14/h4-6,8-9,14-16H,2-3,7,10H2,1H3. The highest BCUT2D eigenvalue weighted by molar-refractivity contribution is 5.41. The van der Waals surface area contributed by atoms with Crippen molar-refractivity contribution in [3.63, 3.8) is 0 Å². The van der Waals surface area contributed by atoms with Gasteiger partial charge in [-0.1, -0.05) is 23.8 Å². The van der Waals surface area contributed by atoms with Crippen LogP contribution in [-0.4, -0.2) is 25.8 Å². The summed E-state index contributed by atoms with van der Waals surface area (Å²) in [5, 5.41) is 3.37. The molecule has 3 rings (SSSR count). The van der Waals surface area contributed by atoms with E-state index in [1.165, 1.54) is 24.8 Å². The molecule has 1 heterocycles. The van der Waals surface area contributed by atoms with Gasteiger partial charge in [-0.2, -0.15) is 0 Å². The van der Waals surface area contributed by atoms with Gasteiger partial charge in [-0.3, -0.25) is 0 Å². The van der Waals surface area contributed by atoms with Crippen LogP contribution >= 0.6 is 0 Å². The Morgan fingerprint density at radius 2 is 2.11 bits per heavy atom. The molecule has 0 radical (unpaired) electrons. The van der Waals surface area contributed by atoms with Gasteiger partial charge in [0.05, 0.1) is 6.04 Å². The molecule has 1 aromatic carbocycles. The molecular formula is C15H19NO2. The average molecular weight is 245 g/mol. The van der Waals surface area contributed by atoms with Gasteiger partial charge in [-0.05, 0) is 38.4 Å². The number of rotatable bonds is 3. The molecule has 3 heteroatoms. The second kappa shape index (κ2) is 5.02. The van der Waals surface area contributed by atoms with E-state index in [9.17, 15) is 0 Å². The quantitative estimate of drug-likeness (QED) is 0.830. The molecule has 3 nitrogen and oxygen atoms in total. The minimum atomic E-state index is 0.0641. The normalized spacial score (nSPS) is 23.6. The van der Waals surface area contributed by atoms with E-state index >= 15 is 0 Å². The monoisotopic (exact) mass is 245 g/mol. The number of fused-ring (bicyclic) bond motifs is 1. The Balaban J connectivity index is 1.78. The van der Waals surface area contributed by atoms with Crippen LogP contribution in [0.2, 0.25) is 0 Å². The van der Waals surface area contributed by atoms with Crippen molar-refractivity contribution < 1.29 is 9.47 Å². The highest BCUT2D eigenvalue weighted by atomic mass is 16.6. The number of ether oxygens (including phenoxy) is 2. The fourth-order valence-electron chi connectivity index (χ4n) is 2.79. The maximum Gasteiger partial charge on any atom is 0.161 e. The third kappa shape index (κ3) is 2.10. The highest BCUT2D eigenvalue weighted by Crippen LogP contribution is 2.33. The molecule has 1 aliphatic carbocycles. The molecule has 96 valence electrons. The first-order valence-corrected chi connectivity index (χ1v) is 6.63. The van der Waals surface area contributed by atoms with Gasteiger partial charge in [0.25, 0.3) is 0 Å². The van der Waals surface area contributed by atoms with Crippen LogP contribution in [0.3, 0.4) is 0 Å².